The largest absolute Gasteiger partial charge is 0.368 e. The van der Waals surface area contributed by atoms with Crippen LogP contribution in [0.1, 0.15) is 23.3 Å². The second kappa shape index (κ2) is 6.79. The van der Waals surface area contributed by atoms with E-state index < -0.39 is 0 Å². The number of anilines is 1. The van der Waals surface area contributed by atoms with E-state index in [2.05, 4.69) is 30.8 Å². The monoisotopic (exact) mass is 371 g/mol. The third-order valence-electron chi connectivity index (χ3n) is 6.10. The van der Waals surface area contributed by atoms with Gasteiger partial charge >= 0.3 is 0 Å². The van der Waals surface area contributed by atoms with E-state index in [9.17, 15) is 4.79 Å². The molecule has 4 aliphatic heterocycles. The van der Waals surface area contributed by atoms with Crippen LogP contribution in [0.3, 0.4) is 0 Å². The zero-order valence-corrected chi connectivity index (χ0v) is 15.7. The number of pyridine rings is 1. The first kappa shape index (κ1) is 16.5. The Morgan fingerprint density at radius 1 is 1.23 bits per heavy atom. The molecule has 1 amide bonds. The van der Waals surface area contributed by atoms with E-state index in [1.165, 1.54) is 31.6 Å². The third kappa shape index (κ3) is 2.98. The normalized spacial score (nSPS) is 28.5. The Bertz CT molecular complexity index is 807. The zero-order valence-electron chi connectivity index (χ0n) is 14.9. The van der Waals surface area contributed by atoms with Crippen LogP contribution in [0.2, 0.25) is 0 Å². The minimum absolute atomic E-state index is 0.0249. The molecule has 6 heterocycles. The number of thiophene rings is 1. The molecule has 0 unspecified atom stereocenters. The van der Waals surface area contributed by atoms with E-state index in [0.717, 1.165) is 42.8 Å². The van der Waals surface area contributed by atoms with E-state index in [1.807, 2.05) is 12.3 Å². The third-order valence-corrected chi connectivity index (χ3v) is 7.02. The molecule has 4 fully saturated rings. The molecule has 0 radical (unpaired) electrons. The summed E-state index contributed by atoms with van der Waals surface area (Å²) in [6.45, 7) is 7.40. The standard InChI is InChI=1S/C19H25N5OS/c25-19(22-16-11-23-5-1-13(16)2-6-23)15-9-14-17(12-26-18(14)10-21-15)24-7-3-20-4-8-24/h9-10,12-13,16,20H,1-8,11H2,(H,22,25)/t16-/m0/s1. The molecule has 7 heteroatoms. The zero-order chi connectivity index (χ0) is 17.5. The molecule has 4 saturated heterocycles. The molecule has 6 nitrogen and oxygen atoms in total. The molecule has 2 bridgehead atoms. The number of nitrogens with one attached hydrogen (secondary N) is 2. The maximum absolute atomic E-state index is 12.8. The van der Waals surface area contributed by atoms with Gasteiger partial charge in [0.2, 0.25) is 0 Å². The van der Waals surface area contributed by atoms with Crippen LogP contribution in [-0.4, -0.2) is 67.6 Å². The van der Waals surface area contributed by atoms with E-state index in [1.54, 1.807) is 11.3 Å². The fourth-order valence-corrected chi connectivity index (χ4v) is 5.48. The Labute approximate surface area is 157 Å². The van der Waals surface area contributed by atoms with Crippen molar-refractivity contribution in [1.82, 2.24) is 20.5 Å². The Morgan fingerprint density at radius 2 is 2.04 bits per heavy atom. The van der Waals surface area contributed by atoms with Crippen molar-refractivity contribution in [1.29, 1.82) is 0 Å². The summed E-state index contributed by atoms with van der Waals surface area (Å²) in [6.07, 6.45) is 4.27. The first-order chi connectivity index (χ1) is 12.8. The average Bonchev–Trinajstić information content (AvgIpc) is 3.13. The number of aromatic nitrogens is 1. The number of piperidine rings is 3. The van der Waals surface area contributed by atoms with Gasteiger partial charge in [-0.05, 0) is 37.9 Å². The number of amides is 1. The lowest BCUT2D eigenvalue weighted by Crippen LogP contribution is -2.57. The summed E-state index contributed by atoms with van der Waals surface area (Å²) in [6, 6.07) is 2.26. The smallest absolute Gasteiger partial charge is 0.270 e. The highest BCUT2D eigenvalue weighted by Crippen LogP contribution is 2.33. The van der Waals surface area contributed by atoms with Crippen LogP contribution in [0.25, 0.3) is 10.1 Å². The fourth-order valence-electron chi connectivity index (χ4n) is 4.57. The van der Waals surface area contributed by atoms with Crippen LogP contribution in [-0.2, 0) is 0 Å². The lowest BCUT2D eigenvalue weighted by atomic mass is 9.84. The van der Waals surface area contributed by atoms with Gasteiger partial charge in [-0.1, -0.05) is 0 Å². The molecule has 0 aliphatic carbocycles. The molecule has 4 aliphatic rings. The van der Waals surface area contributed by atoms with Gasteiger partial charge in [0, 0.05) is 55.7 Å². The molecule has 0 saturated carbocycles. The second-order valence-corrected chi connectivity index (χ2v) is 8.55. The lowest BCUT2D eigenvalue weighted by molar-refractivity contribution is 0.0618. The maximum atomic E-state index is 12.8. The van der Waals surface area contributed by atoms with Crippen molar-refractivity contribution < 1.29 is 4.79 Å². The fraction of sp³-hybridized carbons (Fsp3) is 0.579. The summed E-state index contributed by atoms with van der Waals surface area (Å²) in [5, 5.41) is 10.0. The van der Waals surface area contributed by atoms with E-state index in [-0.39, 0.29) is 11.9 Å². The molecule has 1 atom stereocenters. The van der Waals surface area contributed by atoms with Gasteiger partial charge in [0.1, 0.15) is 5.69 Å². The van der Waals surface area contributed by atoms with Crippen LogP contribution >= 0.6 is 11.3 Å². The summed E-state index contributed by atoms with van der Waals surface area (Å²) in [5.74, 6) is 0.605. The number of piperazine rings is 1. The highest BCUT2D eigenvalue weighted by Gasteiger charge is 2.35. The minimum atomic E-state index is -0.0249. The van der Waals surface area contributed by atoms with Gasteiger partial charge in [-0.25, -0.2) is 4.98 Å². The molecular weight excluding hydrogens is 346 g/mol. The highest BCUT2D eigenvalue weighted by atomic mass is 32.1. The number of fused-ring (bicyclic) bond motifs is 4. The second-order valence-electron chi connectivity index (χ2n) is 7.64. The van der Waals surface area contributed by atoms with Crippen molar-refractivity contribution in [2.75, 3.05) is 50.7 Å². The first-order valence-electron chi connectivity index (χ1n) is 9.64. The van der Waals surface area contributed by atoms with Crippen LogP contribution < -0.4 is 15.5 Å². The predicted molar refractivity (Wildman–Crippen MR) is 105 cm³/mol. The molecule has 6 rings (SSSR count). The maximum Gasteiger partial charge on any atom is 0.270 e. The van der Waals surface area contributed by atoms with E-state index in [0.29, 0.717) is 11.6 Å². The van der Waals surface area contributed by atoms with Gasteiger partial charge in [-0.2, -0.15) is 0 Å². The van der Waals surface area contributed by atoms with Crippen molar-refractivity contribution in [3.63, 3.8) is 0 Å². The van der Waals surface area contributed by atoms with Crippen LogP contribution in [0.4, 0.5) is 5.69 Å². The SMILES string of the molecule is O=C(N[C@H]1CN2CCC1CC2)c1cc2c(N3CCNCC3)csc2cn1. The Balaban J connectivity index is 1.37. The molecular formula is C19H25N5OS. The van der Waals surface area contributed by atoms with E-state index in [4.69, 9.17) is 0 Å². The summed E-state index contributed by atoms with van der Waals surface area (Å²) >= 11 is 1.71. The van der Waals surface area contributed by atoms with Crippen molar-refractivity contribution >= 4 is 33.0 Å². The van der Waals surface area contributed by atoms with Crippen LogP contribution in [0, 0.1) is 5.92 Å². The van der Waals surface area contributed by atoms with Crippen molar-refractivity contribution in [2.45, 2.75) is 18.9 Å². The lowest BCUT2D eigenvalue weighted by Gasteiger charge is -2.44. The Hall–Kier alpha value is -1.70. The molecule has 26 heavy (non-hydrogen) atoms. The Morgan fingerprint density at radius 3 is 2.77 bits per heavy atom. The molecule has 0 spiro atoms. The summed E-state index contributed by atoms with van der Waals surface area (Å²) < 4.78 is 1.15. The van der Waals surface area contributed by atoms with Gasteiger partial charge in [0.05, 0.1) is 10.4 Å². The summed E-state index contributed by atoms with van der Waals surface area (Å²) in [7, 11) is 0. The van der Waals surface area contributed by atoms with Crippen LogP contribution in [0.5, 0.6) is 0 Å². The number of rotatable bonds is 3. The first-order valence-corrected chi connectivity index (χ1v) is 10.5. The topological polar surface area (TPSA) is 60.5 Å². The number of carbonyl (C=O) groups excluding carboxylic acids is 1. The molecule has 2 aromatic rings. The van der Waals surface area contributed by atoms with Gasteiger partial charge in [0.25, 0.3) is 5.91 Å². The number of carbonyl (C=O) groups is 1. The van der Waals surface area contributed by atoms with Gasteiger partial charge < -0.3 is 20.4 Å². The number of nitrogens with zero attached hydrogens (tertiary/aromatic N) is 3. The number of hydrogen-bond acceptors (Lipinski definition) is 6. The summed E-state index contributed by atoms with van der Waals surface area (Å²) in [4.78, 5) is 22.1. The van der Waals surface area contributed by atoms with Crippen molar-refractivity contribution in [2.24, 2.45) is 5.92 Å². The molecule has 0 aromatic carbocycles. The average molecular weight is 372 g/mol. The van der Waals surface area contributed by atoms with Crippen LogP contribution in [0.15, 0.2) is 17.6 Å². The van der Waals surface area contributed by atoms with E-state index >= 15 is 0 Å². The molecule has 2 N–H and O–H groups in total. The Kier molecular flexibility index (Phi) is 4.30. The van der Waals surface area contributed by atoms with Gasteiger partial charge in [-0.15, -0.1) is 11.3 Å². The molecule has 2 aromatic heterocycles. The number of hydrogen-bond donors (Lipinski definition) is 2. The quantitative estimate of drug-likeness (QED) is 0.857. The molecule has 138 valence electrons. The predicted octanol–water partition coefficient (Wildman–Crippen LogP) is 1.53. The van der Waals surface area contributed by atoms with Crippen molar-refractivity contribution in [3.05, 3.63) is 23.3 Å². The highest BCUT2D eigenvalue weighted by molar-refractivity contribution is 7.17. The van der Waals surface area contributed by atoms with Gasteiger partial charge in [-0.3, -0.25) is 4.79 Å². The minimum Gasteiger partial charge on any atom is -0.368 e. The van der Waals surface area contributed by atoms with Gasteiger partial charge in [0.15, 0.2) is 0 Å². The summed E-state index contributed by atoms with van der Waals surface area (Å²) in [5.41, 5.74) is 1.79. The van der Waals surface area contributed by atoms with Crippen molar-refractivity contribution in [3.8, 4) is 0 Å².